The largest absolute Gasteiger partial charge is 0.464 e. The summed E-state index contributed by atoms with van der Waals surface area (Å²) in [5.74, 6) is 0.642. The fourth-order valence-corrected chi connectivity index (χ4v) is 2.16. The van der Waals surface area contributed by atoms with Gasteiger partial charge in [-0.3, -0.25) is 0 Å². The molecule has 0 saturated carbocycles. The van der Waals surface area contributed by atoms with Crippen molar-refractivity contribution in [2.24, 2.45) is 0 Å². The van der Waals surface area contributed by atoms with Crippen molar-refractivity contribution in [3.63, 3.8) is 0 Å². The van der Waals surface area contributed by atoms with E-state index in [2.05, 4.69) is 18.0 Å². The predicted molar refractivity (Wildman–Crippen MR) is 77.6 cm³/mol. The van der Waals surface area contributed by atoms with Gasteiger partial charge in [0.2, 0.25) is 0 Å². The molecule has 1 aromatic carbocycles. The van der Waals surface area contributed by atoms with E-state index in [1.54, 1.807) is 0 Å². The van der Waals surface area contributed by atoms with Crippen molar-refractivity contribution < 1.29 is 9.53 Å². The Morgan fingerprint density at radius 2 is 2.10 bits per heavy atom. The molecule has 0 radical (unpaired) electrons. The lowest BCUT2D eigenvalue weighted by Gasteiger charge is -2.11. The van der Waals surface area contributed by atoms with E-state index in [1.165, 1.54) is 12.7 Å². The molecule has 2 rings (SSSR count). The van der Waals surface area contributed by atoms with Gasteiger partial charge in [0.1, 0.15) is 11.6 Å². The number of ether oxygens (including phenoxy) is 1. The van der Waals surface area contributed by atoms with Crippen LogP contribution in [0.4, 0.5) is 5.82 Å². The van der Waals surface area contributed by atoms with E-state index in [4.69, 9.17) is 10.5 Å². The molecule has 1 heterocycles. The molecule has 2 N–H and O–H groups in total. The Hall–Kier alpha value is -2.30. The number of esters is 1. The van der Waals surface area contributed by atoms with E-state index in [1.807, 2.05) is 29.7 Å². The molecule has 1 aromatic heterocycles. The second kappa shape index (κ2) is 5.77. The highest BCUT2D eigenvalue weighted by Crippen LogP contribution is 2.19. The number of anilines is 1. The quantitative estimate of drug-likeness (QED) is 0.867. The van der Waals surface area contributed by atoms with Crippen LogP contribution >= 0.6 is 0 Å². The van der Waals surface area contributed by atoms with Crippen LogP contribution in [0.2, 0.25) is 0 Å². The summed E-state index contributed by atoms with van der Waals surface area (Å²) in [5.41, 5.74) is 8.58. The Labute approximate surface area is 118 Å². The Bertz CT molecular complexity index is 632. The number of nitrogens with zero attached hydrogens (tertiary/aromatic N) is 2. The van der Waals surface area contributed by atoms with E-state index in [0.29, 0.717) is 18.8 Å². The molecule has 0 aliphatic rings. The summed E-state index contributed by atoms with van der Waals surface area (Å²) in [7, 11) is 1.33. The molecule has 0 bridgehead atoms. The Balaban J connectivity index is 2.43. The molecule has 0 fully saturated rings. The van der Waals surface area contributed by atoms with Gasteiger partial charge in [-0.15, -0.1) is 0 Å². The third-order valence-electron chi connectivity index (χ3n) is 3.37. The lowest BCUT2D eigenvalue weighted by Crippen LogP contribution is -2.10. The van der Waals surface area contributed by atoms with E-state index in [0.717, 1.165) is 11.4 Å². The highest BCUT2D eigenvalue weighted by Gasteiger charge is 2.20. The van der Waals surface area contributed by atoms with Gasteiger partial charge in [-0.1, -0.05) is 31.2 Å². The first-order valence-corrected chi connectivity index (χ1v) is 6.56. The van der Waals surface area contributed by atoms with Gasteiger partial charge in [0.25, 0.3) is 0 Å². The third-order valence-corrected chi connectivity index (χ3v) is 3.37. The highest BCUT2D eigenvalue weighted by atomic mass is 16.5. The summed E-state index contributed by atoms with van der Waals surface area (Å²) in [5, 5.41) is 0. The maximum Gasteiger partial charge on any atom is 0.360 e. The number of methoxy groups -OCH3 is 1. The van der Waals surface area contributed by atoms with E-state index >= 15 is 0 Å². The zero-order valence-electron chi connectivity index (χ0n) is 12.0. The van der Waals surface area contributed by atoms with Crippen LogP contribution in [-0.4, -0.2) is 22.6 Å². The fourth-order valence-electron chi connectivity index (χ4n) is 2.16. The van der Waals surface area contributed by atoms with Crippen LogP contribution in [0, 0.1) is 6.92 Å². The van der Waals surface area contributed by atoms with Gasteiger partial charge in [0.15, 0.2) is 5.69 Å². The second-order valence-electron chi connectivity index (χ2n) is 4.62. The molecular formula is C15H19N3O2. The topological polar surface area (TPSA) is 70.1 Å². The number of nitrogen functional groups attached to an aromatic ring is 1. The molecule has 5 heteroatoms. The summed E-state index contributed by atoms with van der Waals surface area (Å²) < 4.78 is 6.58. The lowest BCUT2D eigenvalue weighted by atomic mass is 10.1. The number of benzene rings is 1. The van der Waals surface area contributed by atoms with E-state index in [9.17, 15) is 4.79 Å². The third kappa shape index (κ3) is 2.52. The second-order valence-corrected chi connectivity index (χ2v) is 4.62. The van der Waals surface area contributed by atoms with Gasteiger partial charge in [0.05, 0.1) is 13.7 Å². The molecule has 0 unspecified atom stereocenters. The average Bonchev–Trinajstić information content (AvgIpc) is 2.77. The number of rotatable bonds is 4. The molecule has 0 aliphatic heterocycles. The number of nitrogens with two attached hydrogens (primary N) is 1. The maximum absolute atomic E-state index is 11.7. The SMILES string of the molecule is CCc1nc(C(=O)OC)c(N)n1Cc1ccccc1C. The van der Waals surface area contributed by atoms with Gasteiger partial charge < -0.3 is 15.0 Å². The number of aromatic nitrogens is 2. The fraction of sp³-hybridized carbons (Fsp3) is 0.333. The van der Waals surface area contributed by atoms with E-state index in [-0.39, 0.29) is 5.69 Å². The van der Waals surface area contributed by atoms with E-state index < -0.39 is 5.97 Å². The predicted octanol–water partition coefficient (Wildman–Crippen LogP) is 2.17. The molecule has 0 spiro atoms. The smallest absolute Gasteiger partial charge is 0.360 e. The first-order chi connectivity index (χ1) is 9.58. The molecule has 0 saturated heterocycles. The van der Waals surface area contributed by atoms with Gasteiger partial charge in [-0.2, -0.15) is 0 Å². The molecule has 5 nitrogen and oxygen atoms in total. The zero-order chi connectivity index (χ0) is 14.7. The first kappa shape index (κ1) is 14.1. The van der Waals surface area contributed by atoms with Gasteiger partial charge in [0, 0.05) is 6.42 Å². The Kier molecular flexibility index (Phi) is 4.08. The molecule has 0 aliphatic carbocycles. The summed E-state index contributed by atoms with van der Waals surface area (Å²) in [6, 6.07) is 8.08. The number of imidazole rings is 1. The van der Waals surface area contributed by atoms with Crippen molar-refractivity contribution in [3.05, 3.63) is 46.9 Å². The summed E-state index contributed by atoms with van der Waals surface area (Å²) in [4.78, 5) is 15.9. The van der Waals surface area contributed by atoms with Crippen molar-refractivity contribution in [3.8, 4) is 0 Å². The van der Waals surface area contributed by atoms with Crippen LogP contribution in [0.15, 0.2) is 24.3 Å². The average molecular weight is 273 g/mol. The number of aryl methyl sites for hydroxylation is 2. The van der Waals surface area contributed by atoms with Crippen LogP contribution in [0.1, 0.15) is 34.4 Å². The molecule has 0 amide bonds. The summed E-state index contributed by atoms with van der Waals surface area (Å²) >= 11 is 0. The van der Waals surface area contributed by atoms with Crippen LogP contribution in [0.25, 0.3) is 0 Å². The lowest BCUT2D eigenvalue weighted by molar-refractivity contribution is 0.0595. The minimum Gasteiger partial charge on any atom is -0.464 e. The van der Waals surface area contributed by atoms with Crippen molar-refractivity contribution >= 4 is 11.8 Å². The van der Waals surface area contributed by atoms with Crippen LogP contribution in [-0.2, 0) is 17.7 Å². The number of hydrogen-bond donors (Lipinski definition) is 1. The minimum atomic E-state index is -0.499. The standard InChI is InChI=1S/C15H19N3O2/c1-4-12-17-13(15(19)20-3)14(16)18(12)9-11-8-6-5-7-10(11)2/h5-8H,4,9,16H2,1-3H3. The number of carbonyl (C=O) groups excluding carboxylic acids is 1. The molecular weight excluding hydrogens is 254 g/mol. The number of carbonyl (C=O) groups is 1. The minimum absolute atomic E-state index is 0.193. The van der Waals surface area contributed by atoms with Gasteiger partial charge in [-0.25, -0.2) is 9.78 Å². The monoisotopic (exact) mass is 273 g/mol. The Morgan fingerprint density at radius 3 is 2.70 bits per heavy atom. The normalized spacial score (nSPS) is 10.6. The van der Waals surface area contributed by atoms with Crippen molar-refractivity contribution in [2.45, 2.75) is 26.8 Å². The molecule has 2 aromatic rings. The highest BCUT2D eigenvalue weighted by molar-refractivity contribution is 5.92. The first-order valence-electron chi connectivity index (χ1n) is 6.56. The Morgan fingerprint density at radius 1 is 1.40 bits per heavy atom. The van der Waals surface area contributed by atoms with Gasteiger partial charge >= 0.3 is 5.97 Å². The van der Waals surface area contributed by atoms with Crippen molar-refractivity contribution in [1.29, 1.82) is 0 Å². The zero-order valence-corrected chi connectivity index (χ0v) is 12.0. The number of hydrogen-bond acceptors (Lipinski definition) is 4. The summed E-state index contributed by atoms with van der Waals surface area (Å²) in [6.07, 6.45) is 0.701. The van der Waals surface area contributed by atoms with Crippen molar-refractivity contribution in [1.82, 2.24) is 9.55 Å². The molecule has 0 atom stereocenters. The molecule has 20 heavy (non-hydrogen) atoms. The van der Waals surface area contributed by atoms with Crippen molar-refractivity contribution in [2.75, 3.05) is 12.8 Å². The van der Waals surface area contributed by atoms with Gasteiger partial charge in [-0.05, 0) is 18.1 Å². The maximum atomic E-state index is 11.7. The van der Waals surface area contributed by atoms with Crippen LogP contribution in [0.3, 0.4) is 0 Å². The molecule has 106 valence electrons. The summed E-state index contributed by atoms with van der Waals surface area (Å²) in [6.45, 7) is 4.64. The van der Waals surface area contributed by atoms with Crippen LogP contribution in [0.5, 0.6) is 0 Å². The van der Waals surface area contributed by atoms with Crippen LogP contribution < -0.4 is 5.73 Å².